The lowest BCUT2D eigenvalue weighted by Gasteiger charge is -2.21. The Hall–Kier alpha value is -2.51. The van der Waals surface area contributed by atoms with Crippen molar-refractivity contribution in [1.82, 2.24) is 9.97 Å². The molecule has 1 atom stereocenters. The summed E-state index contributed by atoms with van der Waals surface area (Å²) in [5.41, 5.74) is 0.555. The molecule has 6 nitrogen and oxygen atoms in total. The summed E-state index contributed by atoms with van der Waals surface area (Å²) in [4.78, 5) is 20.7. The van der Waals surface area contributed by atoms with E-state index in [1.807, 2.05) is 30.3 Å². The van der Waals surface area contributed by atoms with Gasteiger partial charge in [-0.05, 0) is 24.3 Å². The van der Waals surface area contributed by atoms with Crippen molar-refractivity contribution in [2.75, 3.05) is 17.2 Å². The molecule has 0 radical (unpaired) electrons. The number of benzene rings is 2. The summed E-state index contributed by atoms with van der Waals surface area (Å²) >= 11 is 3.45. The first-order valence-electron chi connectivity index (χ1n) is 7.85. The van der Waals surface area contributed by atoms with Crippen LogP contribution in [0.5, 0.6) is 0 Å². The number of amides is 1. The molecule has 0 aliphatic carbocycles. The molecule has 3 aromatic rings. The molecule has 2 heterocycles. The van der Waals surface area contributed by atoms with Gasteiger partial charge in [0.25, 0.3) is 5.91 Å². The summed E-state index contributed by atoms with van der Waals surface area (Å²) in [6.07, 6.45) is 1.72. The Kier molecular flexibility index (Phi) is 3.89. The summed E-state index contributed by atoms with van der Waals surface area (Å²) in [5.74, 6) is 0.271. The number of rotatable bonds is 4. The third kappa shape index (κ3) is 2.75. The first-order valence-corrected chi connectivity index (χ1v) is 8.65. The first kappa shape index (κ1) is 16.0. The number of carbonyl (C=O) groups is 1. The Bertz CT molecular complexity index is 978. The second-order valence-corrected chi connectivity index (χ2v) is 6.84. The highest BCUT2D eigenvalue weighted by molar-refractivity contribution is 9.10. The first-order chi connectivity index (χ1) is 12.1. The van der Waals surface area contributed by atoms with E-state index in [1.54, 1.807) is 12.1 Å². The largest absolute Gasteiger partial charge is 0.375 e. The number of anilines is 2. The van der Waals surface area contributed by atoms with Gasteiger partial charge in [-0.1, -0.05) is 34.1 Å². The summed E-state index contributed by atoms with van der Waals surface area (Å²) in [6.45, 7) is 0.386. The lowest BCUT2D eigenvalue weighted by atomic mass is 9.92. The van der Waals surface area contributed by atoms with Crippen LogP contribution >= 0.6 is 15.9 Å². The molecule has 1 aliphatic heterocycles. The van der Waals surface area contributed by atoms with Crippen LogP contribution in [0.1, 0.15) is 12.0 Å². The zero-order valence-electron chi connectivity index (χ0n) is 13.2. The smallest absolute Gasteiger partial charge is 0.261 e. The van der Waals surface area contributed by atoms with Crippen molar-refractivity contribution < 1.29 is 9.90 Å². The number of halogens is 1. The van der Waals surface area contributed by atoms with Crippen LogP contribution in [-0.4, -0.2) is 27.5 Å². The Labute approximate surface area is 152 Å². The van der Waals surface area contributed by atoms with Gasteiger partial charge in [-0.3, -0.25) is 4.79 Å². The second kappa shape index (κ2) is 6.09. The standard InChI is InChI=1S/C18H15BrN4O2/c19-11-5-6-14-12(9-11)16(22-10-21-14)20-8-7-18(25)13-3-1-2-4-15(13)23-17(18)24/h1-6,9-10,25H,7-8H2,(H,23,24)(H,20,21,22). The Morgan fingerprint density at radius 3 is 2.92 bits per heavy atom. The van der Waals surface area contributed by atoms with E-state index in [2.05, 4.69) is 36.5 Å². The number of carbonyl (C=O) groups excluding carboxylic acids is 1. The van der Waals surface area contributed by atoms with Gasteiger partial charge in [-0.15, -0.1) is 0 Å². The van der Waals surface area contributed by atoms with E-state index < -0.39 is 11.5 Å². The Morgan fingerprint density at radius 2 is 2.04 bits per heavy atom. The van der Waals surface area contributed by atoms with Crippen LogP contribution in [-0.2, 0) is 10.4 Å². The predicted octanol–water partition coefficient (Wildman–Crippen LogP) is 3.03. The molecule has 0 spiro atoms. The highest BCUT2D eigenvalue weighted by Gasteiger charge is 2.44. The van der Waals surface area contributed by atoms with Gasteiger partial charge >= 0.3 is 0 Å². The van der Waals surface area contributed by atoms with Gasteiger partial charge in [0.05, 0.1) is 5.52 Å². The van der Waals surface area contributed by atoms with Crippen LogP contribution in [0.3, 0.4) is 0 Å². The minimum absolute atomic E-state index is 0.231. The molecule has 0 saturated heterocycles. The molecule has 2 aromatic carbocycles. The van der Waals surface area contributed by atoms with Crippen LogP contribution in [0.25, 0.3) is 10.9 Å². The maximum Gasteiger partial charge on any atom is 0.261 e. The fourth-order valence-corrected chi connectivity index (χ4v) is 3.44. The molecule has 3 N–H and O–H groups in total. The van der Waals surface area contributed by atoms with E-state index in [0.29, 0.717) is 23.6 Å². The van der Waals surface area contributed by atoms with Crippen molar-refractivity contribution in [3.05, 3.63) is 58.8 Å². The van der Waals surface area contributed by atoms with E-state index in [0.717, 1.165) is 15.4 Å². The normalized spacial score (nSPS) is 18.9. The molecule has 25 heavy (non-hydrogen) atoms. The molecule has 126 valence electrons. The number of hydrogen-bond acceptors (Lipinski definition) is 5. The molecule has 1 aromatic heterocycles. The van der Waals surface area contributed by atoms with Crippen molar-refractivity contribution in [2.45, 2.75) is 12.0 Å². The molecular weight excluding hydrogens is 384 g/mol. The summed E-state index contributed by atoms with van der Waals surface area (Å²) in [6, 6.07) is 12.9. The molecule has 0 fully saturated rings. The summed E-state index contributed by atoms with van der Waals surface area (Å²) in [5, 5.41) is 17.7. The molecule has 4 rings (SSSR count). The number of para-hydroxylation sites is 1. The number of fused-ring (bicyclic) bond motifs is 2. The van der Waals surface area contributed by atoms with Gasteiger partial charge < -0.3 is 15.7 Å². The fourth-order valence-electron chi connectivity index (χ4n) is 3.08. The van der Waals surface area contributed by atoms with Crippen LogP contribution in [0.4, 0.5) is 11.5 Å². The molecule has 0 bridgehead atoms. The van der Waals surface area contributed by atoms with Gasteiger partial charge in [0.2, 0.25) is 0 Å². The number of aliphatic hydroxyl groups is 1. The molecular formula is C18H15BrN4O2. The van der Waals surface area contributed by atoms with Crippen LogP contribution in [0.15, 0.2) is 53.3 Å². The third-order valence-electron chi connectivity index (χ3n) is 4.37. The predicted molar refractivity (Wildman–Crippen MR) is 99.3 cm³/mol. The Balaban J connectivity index is 1.55. The topological polar surface area (TPSA) is 87.1 Å². The molecule has 1 aliphatic rings. The van der Waals surface area contributed by atoms with Gasteiger partial charge in [0.1, 0.15) is 12.1 Å². The number of aromatic nitrogens is 2. The van der Waals surface area contributed by atoms with Crippen molar-refractivity contribution in [3.8, 4) is 0 Å². The van der Waals surface area contributed by atoms with E-state index in [-0.39, 0.29) is 6.42 Å². The maximum absolute atomic E-state index is 12.2. The zero-order chi connectivity index (χ0) is 17.4. The average Bonchev–Trinajstić information content (AvgIpc) is 2.86. The number of hydrogen-bond donors (Lipinski definition) is 3. The van der Waals surface area contributed by atoms with E-state index in [9.17, 15) is 9.90 Å². The van der Waals surface area contributed by atoms with Crippen molar-refractivity contribution in [2.24, 2.45) is 0 Å². The van der Waals surface area contributed by atoms with E-state index in [4.69, 9.17) is 0 Å². The number of nitrogens with one attached hydrogen (secondary N) is 2. The van der Waals surface area contributed by atoms with Gasteiger partial charge in [0, 0.05) is 34.1 Å². The Morgan fingerprint density at radius 1 is 1.20 bits per heavy atom. The second-order valence-electron chi connectivity index (χ2n) is 5.92. The van der Waals surface area contributed by atoms with Crippen LogP contribution in [0.2, 0.25) is 0 Å². The zero-order valence-corrected chi connectivity index (χ0v) is 14.7. The molecule has 1 unspecified atom stereocenters. The molecule has 0 saturated carbocycles. The lowest BCUT2D eigenvalue weighted by molar-refractivity contribution is -0.134. The van der Waals surface area contributed by atoms with Gasteiger partial charge in [-0.2, -0.15) is 0 Å². The lowest BCUT2D eigenvalue weighted by Crippen LogP contribution is -2.36. The average molecular weight is 399 g/mol. The van der Waals surface area contributed by atoms with Gasteiger partial charge in [-0.25, -0.2) is 9.97 Å². The maximum atomic E-state index is 12.2. The monoisotopic (exact) mass is 398 g/mol. The number of nitrogens with zero attached hydrogens (tertiary/aromatic N) is 2. The van der Waals surface area contributed by atoms with Crippen LogP contribution < -0.4 is 10.6 Å². The minimum Gasteiger partial charge on any atom is -0.375 e. The van der Waals surface area contributed by atoms with Gasteiger partial charge in [0.15, 0.2) is 5.60 Å². The van der Waals surface area contributed by atoms with Crippen molar-refractivity contribution >= 4 is 44.2 Å². The quantitative estimate of drug-likeness (QED) is 0.628. The van der Waals surface area contributed by atoms with Crippen LogP contribution in [0, 0.1) is 0 Å². The summed E-state index contributed by atoms with van der Waals surface area (Å²) < 4.78 is 0.931. The minimum atomic E-state index is -1.53. The molecule has 7 heteroatoms. The van der Waals surface area contributed by atoms with E-state index >= 15 is 0 Å². The SMILES string of the molecule is O=C1Nc2ccccc2C1(O)CCNc1ncnc2ccc(Br)cc12. The third-order valence-corrected chi connectivity index (χ3v) is 4.87. The highest BCUT2D eigenvalue weighted by atomic mass is 79.9. The molecule has 1 amide bonds. The summed E-state index contributed by atoms with van der Waals surface area (Å²) in [7, 11) is 0. The fraction of sp³-hybridized carbons (Fsp3) is 0.167. The highest BCUT2D eigenvalue weighted by Crippen LogP contribution is 2.38. The van der Waals surface area contributed by atoms with Crippen molar-refractivity contribution in [1.29, 1.82) is 0 Å². The van der Waals surface area contributed by atoms with E-state index in [1.165, 1.54) is 6.33 Å². The van der Waals surface area contributed by atoms with Crippen molar-refractivity contribution in [3.63, 3.8) is 0 Å².